The maximum Gasteiger partial charge on any atom is 0.397 e. The number of aliphatic hydroxyl groups excluding tert-OH is 7. The van der Waals surface area contributed by atoms with Gasteiger partial charge in [0.05, 0.1) is 19.3 Å². The molecule has 0 saturated carbocycles. The SMILES string of the molecule is CO[C@H]1[C@@H](O)[C@@H](CO)O[C@@H](O[C@H]2[C@H](O[C@@H]3O[C@@H](C)[C@@H](O)[C@@H](O)[C@@H]3O)[C@@H](NC(C)=O)[C@H](O)O[C@@H]2COS(=O)(=O)O)[C@@H]1O. The molecule has 3 heterocycles. The highest BCUT2D eigenvalue weighted by atomic mass is 32.3. The normalized spacial score (nSPS) is 45.8. The van der Waals surface area contributed by atoms with Gasteiger partial charge in [-0.3, -0.25) is 9.35 Å². The molecule has 0 radical (unpaired) electrons. The van der Waals surface area contributed by atoms with E-state index >= 15 is 0 Å². The number of hydrogen-bond donors (Lipinski definition) is 9. The number of carbonyl (C=O) groups excluding carboxylic acids is 1. The standard InChI is InChI=1S/C21H37NO18S/c1-6-11(25)13(27)14(28)20(36-6)40-17-10(22-7(2)24)19(30)37-9(5-35-41(31,32)33)16(17)39-21-15(29)18(34-3)12(26)8(4-23)38-21/h6,8-21,23,25-30H,4-5H2,1-3H3,(H,22,24)(H,31,32,33)/t6-,8+,9+,10+,11+,12-,13+,14-,15+,16+,17+,18-,19+,20-,21-/m0/s1. The fourth-order valence-electron chi connectivity index (χ4n) is 4.80. The first-order valence-electron chi connectivity index (χ1n) is 12.5. The van der Waals surface area contributed by atoms with Gasteiger partial charge >= 0.3 is 10.4 Å². The van der Waals surface area contributed by atoms with Gasteiger partial charge in [0.25, 0.3) is 0 Å². The molecule has 0 aromatic carbocycles. The van der Waals surface area contributed by atoms with E-state index in [0.29, 0.717) is 0 Å². The van der Waals surface area contributed by atoms with Crippen LogP contribution in [0.5, 0.6) is 0 Å². The van der Waals surface area contributed by atoms with E-state index in [0.717, 1.165) is 14.0 Å². The van der Waals surface area contributed by atoms with E-state index in [-0.39, 0.29) is 0 Å². The number of amides is 1. The second kappa shape index (κ2) is 14.1. The molecule has 0 bridgehead atoms. The van der Waals surface area contributed by atoms with Crippen LogP contribution in [-0.2, 0) is 47.8 Å². The molecule has 15 atom stereocenters. The van der Waals surface area contributed by atoms with Crippen LogP contribution in [0.25, 0.3) is 0 Å². The summed E-state index contributed by atoms with van der Waals surface area (Å²) < 4.78 is 69.2. The molecule has 0 aromatic rings. The maximum atomic E-state index is 12.0. The Labute approximate surface area is 234 Å². The summed E-state index contributed by atoms with van der Waals surface area (Å²) in [6.07, 6.45) is -22.7. The molecule has 3 aliphatic heterocycles. The summed E-state index contributed by atoms with van der Waals surface area (Å²) in [5, 5.41) is 74.6. The fourth-order valence-corrected chi connectivity index (χ4v) is 5.11. The third-order valence-corrected chi connectivity index (χ3v) is 7.34. The predicted octanol–water partition coefficient (Wildman–Crippen LogP) is -5.92. The molecule has 20 heteroatoms. The number of ether oxygens (including phenoxy) is 6. The number of carbonyl (C=O) groups is 1. The van der Waals surface area contributed by atoms with Gasteiger partial charge in [0.15, 0.2) is 18.9 Å². The zero-order chi connectivity index (χ0) is 30.8. The lowest BCUT2D eigenvalue weighted by Crippen LogP contribution is -2.69. The molecule has 3 saturated heterocycles. The molecule has 3 rings (SSSR count). The third kappa shape index (κ3) is 8.06. The van der Waals surface area contributed by atoms with Crippen LogP contribution in [0.4, 0.5) is 0 Å². The summed E-state index contributed by atoms with van der Waals surface area (Å²) in [5.41, 5.74) is 0. The highest BCUT2D eigenvalue weighted by Crippen LogP contribution is 2.33. The van der Waals surface area contributed by atoms with Gasteiger partial charge in [-0.15, -0.1) is 0 Å². The van der Waals surface area contributed by atoms with Gasteiger partial charge in [0.2, 0.25) is 5.91 Å². The molecule has 0 aromatic heterocycles. The van der Waals surface area contributed by atoms with E-state index in [1.165, 1.54) is 6.92 Å². The van der Waals surface area contributed by atoms with E-state index in [9.17, 15) is 49.0 Å². The largest absolute Gasteiger partial charge is 0.397 e. The number of nitrogens with one attached hydrogen (secondary N) is 1. The van der Waals surface area contributed by atoms with Crippen LogP contribution >= 0.6 is 0 Å². The Morgan fingerprint density at radius 2 is 1.44 bits per heavy atom. The number of methoxy groups -OCH3 is 1. The highest BCUT2D eigenvalue weighted by molar-refractivity contribution is 7.80. The second-order valence-electron chi connectivity index (χ2n) is 9.79. The quantitative estimate of drug-likeness (QED) is 0.102. The van der Waals surface area contributed by atoms with Crippen LogP contribution in [-0.4, -0.2) is 167 Å². The summed E-state index contributed by atoms with van der Waals surface area (Å²) in [7, 11) is -3.92. The van der Waals surface area contributed by atoms with E-state index < -0.39 is 122 Å². The first-order chi connectivity index (χ1) is 19.1. The van der Waals surface area contributed by atoms with Crippen molar-refractivity contribution in [3.8, 4) is 0 Å². The third-order valence-electron chi connectivity index (χ3n) is 6.90. The van der Waals surface area contributed by atoms with Crippen LogP contribution in [0, 0.1) is 0 Å². The Morgan fingerprint density at radius 1 is 0.829 bits per heavy atom. The summed E-state index contributed by atoms with van der Waals surface area (Å²) in [5.74, 6) is -0.719. The van der Waals surface area contributed by atoms with E-state index in [1.54, 1.807) is 0 Å². The van der Waals surface area contributed by atoms with Crippen molar-refractivity contribution in [1.29, 1.82) is 0 Å². The summed E-state index contributed by atoms with van der Waals surface area (Å²) in [4.78, 5) is 12.0. The molecule has 0 spiro atoms. The van der Waals surface area contributed by atoms with Gasteiger partial charge in [0, 0.05) is 14.0 Å². The second-order valence-corrected chi connectivity index (χ2v) is 10.9. The Hall–Kier alpha value is -1.18. The van der Waals surface area contributed by atoms with Gasteiger partial charge in [-0.1, -0.05) is 0 Å². The molecule has 9 N–H and O–H groups in total. The summed E-state index contributed by atoms with van der Waals surface area (Å²) in [6, 6.07) is -1.55. The Balaban J connectivity index is 2.01. The summed E-state index contributed by atoms with van der Waals surface area (Å²) in [6.45, 7) is 0.652. The van der Waals surface area contributed by atoms with Crippen LogP contribution < -0.4 is 5.32 Å². The van der Waals surface area contributed by atoms with Crippen molar-refractivity contribution in [1.82, 2.24) is 5.32 Å². The van der Waals surface area contributed by atoms with Crippen LogP contribution in [0.1, 0.15) is 13.8 Å². The minimum absolute atomic E-state index is 0.719. The first kappa shape index (κ1) is 34.3. The fraction of sp³-hybridized carbons (Fsp3) is 0.952. The molecule has 3 fully saturated rings. The van der Waals surface area contributed by atoms with Crippen LogP contribution in [0.15, 0.2) is 0 Å². The van der Waals surface area contributed by atoms with Gasteiger partial charge in [-0.05, 0) is 6.92 Å². The molecule has 0 unspecified atom stereocenters. The topological polar surface area (TPSA) is 290 Å². The Kier molecular flexibility index (Phi) is 11.8. The zero-order valence-electron chi connectivity index (χ0n) is 22.1. The molecule has 3 aliphatic rings. The van der Waals surface area contributed by atoms with E-state index in [2.05, 4.69) is 9.50 Å². The lowest BCUT2D eigenvalue weighted by molar-refractivity contribution is -0.371. The van der Waals surface area contributed by atoms with Crippen molar-refractivity contribution >= 4 is 16.3 Å². The number of hydrogen-bond acceptors (Lipinski definition) is 17. The van der Waals surface area contributed by atoms with Crippen molar-refractivity contribution in [3.05, 3.63) is 0 Å². The van der Waals surface area contributed by atoms with E-state index in [4.69, 9.17) is 33.0 Å². The van der Waals surface area contributed by atoms with E-state index in [1.807, 2.05) is 0 Å². The average Bonchev–Trinajstić information content (AvgIpc) is 2.89. The van der Waals surface area contributed by atoms with Crippen LogP contribution in [0.2, 0.25) is 0 Å². The molecule has 41 heavy (non-hydrogen) atoms. The zero-order valence-corrected chi connectivity index (χ0v) is 23.0. The molecular formula is C21H37NO18S. The lowest BCUT2D eigenvalue weighted by Gasteiger charge is -2.49. The Bertz CT molecular complexity index is 972. The minimum Gasteiger partial charge on any atom is -0.394 e. The number of rotatable bonds is 10. The van der Waals surface area contributed by atoms with Crippen LogP contribution in [0.3, 0.4) is 0 Å². The number of aliphatic hydroxyl groups is 7. The van der Waals surface area contributed by atoms with Gasteiger partial charge in [0.1, 0.15) is 67.1 Å². The molecule has 0 aliphatic carbocycles. The smallest absolute Gasteiger partial charge is 0.394 e. The van der Waals surface area contributed by atoms with Gasteiger partial charge < -0.3 is 69.5 Å². The van der Waals surface area contributed by atoms with Crippen molar-refractivity contribution in [2.75, 3.05) is 20.3 Å². The minimum atomic E-state index is -5.07. The molecular weight excluding hydrogens is 586 g/mol. The summed E-state index contributed by atoms with van der Waals surface area (Å²) >= 11 is 0. The predicted molar refractivity (Wildman–Crippen MR) is 127 cm³/mol. The molecule has 240 valence electrons. The van der Waals surface area contributed by atoms with Crippen molar-refractivity contribution < 1.29 is 86.1 Å². The average molecular weight is 624 g/mol. The van der Waals surface area contributed by atoms with Gasteiger partial charge in [-0.2, -0.15) is 8.42 Å². The van der Waals surface area contributed by atoms with Crippen molar-refractivity contribution in [3.63, 3.8) is 0 Å². The first-order valence-corrected chi connectivity index (χ1v) is 13.8. The van der Waals surface area contributed by atoms with Crippen molar-refractivity contribution in [2.45, 2.75) is 106 Å². The molecule has 19 nitrogen and oxygen atoms in total. The monoisotopic (exact) mass is 623 g/mol. The lowest BCUT2D eigenvalue weighted by atomic mass is 9.94. The maximum absolute atomic E-state index is 12.0. The van der Waals surface area contributed by atoms with Crippen molar-refractivity contribution in [2.24, 2.45) is 0 Å². The highest BCUT2D eigenvalue weighted by Gasteiger charge is 2.54. The molecule has 1 amide bonds. The van der Waals surface area contributed by atoms with Gasteiger partial charge in [-0.25, -0.2) is 4.18 Å². The Morgan fingerprint density at radius 3 is 2.00 bits per heavy atom.